The van der Waals surface area contributed by atoms with Crippen LogP contribution in [0.4, 0.5) is 0 Å². The van der Waals surface area contributed by atoms with E-state index in [1.165, 1.54) is 7.11 Å². The summed E-state index contributed by atoms with van der Waals surface area (Å²) in [6.07, 6.45) is 1.74. The maximum atomic E-state index is 11.3. The minimum Gasteiger partial charge on any atom is -0.469 e. The maximum Gasteiger partial charge on any atom is 0.310 e. The van der Waals surface area contributed by atoms with Crippen molar-refractivity contribution in [2.45, 2.75) is 25.3 Å². The fourth-order valence-electron chi connectivity index (χ4n) is 1.59. The van der Waals surface area contributed by atoms with Crippen molar-refractivity contribution in [3.8, 4) is 0 Å². The number of rotatable bonds is 2. The van der Waals surface area contributed by atoms with Gasteiger partial charge in [0.1, 0.15) is 0 Å². The Morgan fingerprint density at radius 1 is 1.69 bits per heavy atom. The molecule has 1 fully saturated rings. The Labute approximate surface area is 78.4 Å². The number of ether oxygens (including phenoxy) is 2. The topological polar surface area (TPSA) is 61.5 Å². The molecule has 0 radical (unpaired) electrons. The first-order valence-corrected chi connectivity index (χ1v) is 4.54. The Morgan fingerprint density at radius 3 is 2.85 bits per heavy atom. The molecule has 1 saturated heterocycles. The molecule has 0 spiro atoms. The molecule has 4 heteroatoms. The van der Waals surface area contributed by atoms with Gasteiger partial charge in [0, 0.05) is 6.61 Å². The van der Waals surface area contributed by atoms with Gasteiger partial charge in [0.25, 0.3) is 0 Å². The minimum absolute atomic E-state index is 0.256. The highest BCUT2D eigenvalue weighted by Gasteiger charge is 2.38. The quantitative estimate of drug-likeness (QED) is 0.632. The Bertz CT molecular complexity index is 187. The standard InChI is InChI=1S/C9H17NO3/c1-7(8(11)12-2)9(10)4-3-5-13-6-9/h7H,3-6,10H2,1-2H3. The third-order valence-corrected chi connectivity index (χ3v) is 2.72. The molecule has 0 aromatic heterocycles. The molecule has 1 aliphatic rings. The van der Waals surface area contributed by atoms with Crippen molar-refractivity contribution >= 4 is 5.97 Å². The van der Waals surface area contributed by atoms with Gasteiger partial charge >= 0.3 is 5.97 Å². The van der Waals surface area contributed by atoms with Gasteiger partial charge in [-0.25, -0.2) is 0 Å². The van der Waals surface area contributed by atoms with Crippen molar-refractivity contribution in [1.29, 1.82) is 0 Å². The van der Waals surface area contributed by atoms with Crippen LogP contribution in [0.2, 0.25) is 0 Å². The van der Waals surface area contributed by atoms with E-state index < -0.39 is 5.54 Å². The van der Waals surface area contributed by atoms with Gasteiger partial charge < -0.3 is 15.2 Å². The van der Waals surface area contributed by atoms with E-state index in [-0.39, 0.29) is 11.9 Å². The molecule has 4 nitrogen and oxygen atoms in total. The second kappa shape index (κ2) is 4.07. The van der Waals surface area contributed by atoms with Crippen LogP contribution in [-0.2, 0) is 14.3 Å². The van der Waals surface area contributed by atoms with Crippen LogP contribution in [0.1, 0.15) is 19.8 Å². The van der Waals surface area contributed by atoms with E-state index in [0.29, 0.717) is 6.61 Å². The van der Waals surface area contributed by atoms with E-state index >= 15 is 0 Å². The zero-order valence-corrected chi connectivity index (χ0v) is 8.21. The maximum absolute atomic E-state index is 11.3. The molecular weight excluding hydrogens is 170 g/mol. The lowest BCUT2D eigenvalue weighted by Crippen LogP contribution is -2.55. The first-order valence-electron chi connectivity index (χ1n) is 4.54. The number of carbonyl (C=O) groups is 1. The Hall–Kier alpha value is -0.610. The molecule has 0 amide bonds. The summed E-state index contributed by atoms with van der Waals surface area (Å²) in [7, 11) is 1.38. The zero-order chi connectivity index (χ0) is 9.90. The molecule has 0 saturated carbocycles. The zero-order valence-electron chi connectivity index (χ0n) is 8.21. The summed E-state index contributed by atoms with van der Waals surface area (Å²) in [5.41, 5.74) is 5.52. The summed E-state index contributed by atoms with van der Waals surface area (Å²) in [5, 5.41) is 0. The third kappa shape index (κ3) is 2.19. The van der Waals surface area contributed by atoms with Crippen molar-refractivity contribution in [3.63, 3.8) is 0 Å². The van der Waals surface area contributed by atoms with E-state index in [0.717, 1.165) is 19.4 Å². The molecule has 2 N–H and O–H groups in total. The van der Waals surface area contributed by atoms with E-state index in [1.54, 1.807) is 6.92 Å². The van der Waals surface area contributed by atoms with E-state index in [4.69, 9.17) is 10.5 Å². The van der Waals surface area contributed by atoms with Crippen LogP contribution in [-0.4, -0.2) is 31.8 Å². The van der Waals surface area contributed by atoms with Crippen LogP contribution < -0.4 is 5.73 Å². The summed E-state index contributed by atoms with van der Waals surface area (Å²) in [6.45, 7) is 2.98. The van der Waals surface area contributed by atoms with Crippen LogP contribution in [0.3, 0.4) is 0 Å². The van der Waals surface area contributed by atoms with E-state index in [9.17, 15) is 4.79 Å². The number of esters is 1. The van der Waals surface area contributed by atoms with Gasteiger partial charge in [0.15, 0.2) is 0 Å². The average Bonchev–Trinajstić information content (AvgIpc) is 2.16. The minimum atomic E-state index is -0.536. The Morgan fingerprint density at radius 2 is 2.38 bits per heavy atom. The molecule has 13 heavy (non-hydrogen) atoms. The number of methoxy groups -OCH3 is 1. The normalized spacial score (nSPS) is 31.0. The molecule has 0 aliphatic carbocycles. The number of nitrogens with two attached hydrogens (primary N) is 1. The van der Waals surface area contributed by atoms with Crippen LogP contribution in [0.25, 0.3) is 0 Å². The van der Waals surface area contributed by atoms with Crippen LogP contribution in [0, 0.1) is 5.92 Å². The molecule has 0 aromatic carbocycles. The van der Waals surface area contributed by atoms with E-state index in [2.05, 4.69) is 4.74 Å². The Balaban J connectivity index is 2.61. The van der Waals surface area contributed by atoms with Crippen molar-refractivity contribution in [2.75, 3.05) is 20.3 Å². The first-order chi connectivity index (χ1) is 6.10. The fourth-order valence-corrected chi connectivity index (χ4v) is 1.59. The molecule has 1 aliphatic heterocycles. The average molecular weight is 187 g/mol. The second-order valence-electron chi connectivity index (χ2n) is 3.63. The SMILES string of the molecule is COC(=O)C(C)C1(N)CCCOC1. The van der Waals surface area contributed by atoms with Gasteiger partial charge in [-0.1, -0.05) is 6.92 Å². The van der Waals surface area contributed by atoms with Crippen LogP contribution >= 0.6 is 0 Å². The summed E-state index contributed by atoms with van der Waals surface area (Å²) >= 11 is 0. The van der Waals surface area contributed by atoms with Crippen molar-refractivity contribution in [2.24, 2.45) is 11.7 Å². The molecule has 2 unspecified atom stereocenters. The third-order valence-electron chi connectivity index (χ3n) is 2.72. The van der Waals surface area contributed by atoms with Gasteiger partial charge in [-0.2, -0.15) is 0 Å². The van der Waals surface area contributed by atoms with Gasteiger partial charge in [-0.05, 0) is 12.8 Å². The van der Waals surface area contributed by atoms with E-state index in [1.807, 2.05) is 0 Å². The summed E-state index contributed by atoms with van der Waals surface area (Å²) < 4.78 is 9.92. The molecule has 1 rings (SSSR count). The largest absolute Gasteiger partial charge is 0.469 e. The van der Waals surface area contributed by atoms with Gasteiger partial charge in [0.2, 0.25) is 0 Å². The van der Waals surface area contributed by atoms with Gasteiger partial charge in [-0.3, -0.25) is 4.79 Å². The lowest BCUT2D eigenvalue weighted by atomic mass is 9.81. The number of hydrogen-bond acceptors (Lipinski definition) is 4. The highest BCUT2D eigenvalue weighted by molar-refractivity contribution is 5.73. The first kappa shape index (κ1) is 10.5. The lowest BCUT2D eigenvalue weighted by Gasteiger charge is -2.36. The lowest BCUT2D eigenvalue weighted by molar-refractivity contribution is -0.149. The molecular formula is C9H17NO3. The number of hydrogen-bond donors (Lipinski definition) is 1. The highest BCUT2D eigenvalue weighted by Crippen LogP contribution is 2.25. The summed E-state index contributed by atoms with van der Waals surface area (Å²) in [5.74, 6) is -0.550. The molecule has 76 valence electrons. The predicted octanol–water partition coefficient (Wildman–Crippen LogP) is 0.303. The molecule has 2 atom stereocenters. The highest BCUT2D eigenvalue weighted by atomic mass is 16.5. The molecule has 0 aromatic rings. The molecule has 1 heterocycles. The van der Waals surface area contributed by atoms with Crippen molar-refractivity contribution < 1.29 is 14.3 Å². The van der Waals surface area contributed by atoms with Crippen molar-refractivity contribution in [1.82, 2.24) is 0 Å². The monoisotopic (exact) mass is 187 g/mol. The predicted molar refractivity (Wildman–Crippen MR) is 48.2 cm³/mol. The molecule has 0 bridgehead atoms. The Kier molecular flexibility index (Phi) is 3.27. The fraction of sp³-hybridized carbons (Fsp3) is 0.889. The summed E-state index contributed by atoms with van der Waals surface area (Å²) in [4.78, 5) is 11.3. The van der Waals surface area contributed by atoms with Crippen LogP contribution in [0.5, 0.6) is 0 Å². The van der Waals surface area contributed by atoms with Crippen LogP contribution in [0.15, 0.2) is 0 Å². The van der Waals surface area contributed by atoms with Gasteiger partial charge in [0.05, 0.1) is 25.2 Å². The van der Waals surface area contributed by atoms with Crippen molar-refractivity contribution in [3.05, 3.63) is 0 Å². The number of carbonyl (C=O) groups excluding carboxylic acids is 1. The smallest absolute Gasteiger partial charge is 0.310 e. The van der Waals surface area contributed by atoms with Gasteiger partial charge in [-0.15, -0.1) is 0 Å². The summed E-state index contributed by atoms with van der Waals surface area (Å²) in [6, 6.07) is 0. The second-order valence-corrected chi connectivity index (χ2v) is 3.63.